The molecule has 1 aliphatic carbocycles. The number of amides is 1. The summed E-state index contributed by atoms with van der Waals surface area (Å²) in [5, 5.41) is 16.7. The maximum absolute atomic E-state index is 12.3. The fourth-order valence-electron chi connectivity index (χ4n) is 2.99. The molecular formula is C20H26N2O3S. The summed E-state index contributed by atoms with van der Waals surface area (Å²) in [5.74, 6) is 0.651. The quantitative estimate of drug-likeness (QED) is 0.667. The Morgan fingerprint density at radius 3 is 2.88 bits per heavy atom. The van der Waals surface area contributed by atoms with E-state index in [0.29, 0.717) is 36.1 Å². The van der Waals surface area contributed by atoms with Crippen molar-refractivity contribution >= 4 is 22.9 Å². The van der Waals surface area contributed by atoms with Crippen LogP contribution in [-0.4, -0.2) is 35.1 Å². The third-order valence-corrected chi connectivity index (χ3v) is 5.20. The molecule has 1 fully saturated rings. The molecule has 26 heavy (non-hydrogen) atoms. The lowest BCUT2D eigenvalue weighted by Gasteiger charge is -2.21. The van der Waals surface area contributed by atoms with Crippen LogP contribution in [0.25, 0.3) is 0 Å². The number of rotatable bonds is 10. The van der Waals surface area contributed by atoms with E-state index in [0.717, 1.165) is 13.1 Å². The molecule has 1 aliphatic rings. The first-order valence-electron chi connectivity index (χ1n) is 9.11. The molecule has 1 aromatic carbocycles. The monoisotopic (exact) mass is 374 g/mol. The van der Waals surface area contributed by atoms with Crippen LogP contribution in [0.2, 0.25) is 0 Å². The highest BCUT2D eigenvalue weighted by Gasteiger charge is 2.29. The van der Waals surface area contributed by atoms with Crippen molar-refractivity contribution in [1.29, 1.82) is 0 Å². The van der Waals surface area contributed by atoms with Crippen LogP contribution in [-0.2, 0) is 17.9 Å². The lowest BCUT2D eigenvalue weighted by Crippen LogP contribution is -2.29. The highest BCUT2D eigenvalue weighted by atomic mass is 32.1. The van der Waals surface area contributed by atoms with E-state index in [-0.39, 0.29) is 12.5 Å². The molecule has 140 valence electrons. The van der Waals surface area contributed by atoms with Crippen LogP contribution in [0.3, 0.4) is 0 Å². The molecule has 0 aliphatic heterocycles. The van der Waals surface area contributed by atoms with Gasteiger partial charge in [-0.15, -0.1) is 0 Å². The zero-order valence-corrected chi connectivity index (χ0v) is 15.9. The molecule has 0 spiro atoms. The second kappa shape index (κ2) is 9.16. The summed E-state index contributed by atoms with van der Waals surface area (Å²) in [6.07, 6.45) is 2.91. The zero-order chi connectivity index (χ0) is 18.4. The minimum absolute atomic E-state index is 0.00554. The van der Waals surface area contributed by atoms with E-state index in [1.807, 2.05) is 13.0 Å². The smallest absolute Gasteiger partial charge is 0.225 e. The van der Waals surface area contributed by atoms with Gasteiger partial charge in [-0.1, -0.05) is 0 Å². The Morgan fingerprint density at radius 1 is 1.38 bits per heavy atom. The maximum atomic E-state index is 12.3. The number of carbonyl (C=O) groups excluding carboxylic acids is 1. The highest BCUT2D eigenvalue weighted by molar-refractivity contribution is 7.07. The summed E-state index contributed by atoms with van der Waals surface area (Å²) in [5.41, 5.74) is 2.70. The van der Waals surface area contributed by atoms with E-state index in [2.05, 4.69) is 27.0 Å². The molecule has 0 bridgehead atoms. The van der Waals surface area contributed by atoms with Crippen LogP contribution < -0.4 is 10.1 Å². The van der Waals surface area contributed by atoms with Gasteiger partial charge < -0.3 is 15.2 Å². The van der Waals surface area contributed by atoms with Gasteiger partial charge in [0.1, 0.15) is 5.75 Å². The second-order valence-electron chi connectivity index (χ2n) is 6.55. The van der Waals surface area contributed by atoms with E-state index in [1.165, 1.54) is 18.4 Å². The molecule has 6 heteroatoms. The molecule has 1 amide bonds. The topological polar surface area (TPSA) is 61.8 Å². The number of hydrogen-bond acceptors (Lipinski definition) is 5. The molecule has 0 atom stereocenters. The standard InChI is InChI=1S/C20H26N2O3S/c1-2-25-19-6-3-17(11-16(19)13-23)21-20(24)7-9-22(18-4-5-18)12-15-8-10-26-14-15/h3,6,8,10-11,14,18,23H,2,4-5,7,9,12-13H2,1H3,(H,21,24). The van der Waals surface area contributed by atoms with Crippen molar-refractivity contribution in [2.75, 3.05) is 18.5 Å². The lowest BCUT2D eigenvalue weighted by molar-refractivity contribution is -0.116. The molecule has 5 nitrogen and oxygen atoms in total. The number of anilines is 1. The number of nitrogens with zero attached hydrogens (tertiary/aromatic N) is 1. The second-order valence-corrected chi connectivity index (χ2v) is 7.33. The van der Waals surface area contributed by atoms with Gasteiger partial charge in [-0.25, -0.2) is 0 Å². The fourth-order valence-corrected chi connectivity index (χ4v) is 3.65. The summed E-state index contributed by atoms with van der Waals surface area (Å²) < 4.78 is 5.47. The van der Waals surface area contributed by atoms with Crippen LogP contribution in [0, 0.1) is 0 Å². The van der Waals surface area contributed by atoms with Crippen molar-refractivity contribution in [2.24, 2.45) is 0 Å². The number of benzene rings is 1. The van der Waals surface area contributed by atoms with Crippen LogP contribution in [0.4, 0.5) is 5.69 Å². The Kier molecular flexibility index (Phi) is 6.66. The van der Waals surface area contributed by atoms with Gasteiger partial charge in [0, 0.05) is 36.8 Å². The predicted octanol–water partition coefficient (Wildman–Crippen LogP) is 3.63. The van der Waals surface area contributed by atoms with Crippen molar-refractivity contribution < 1.29 is 14.6 Å². The summed E-state index contributed by atoms with van der Waals surface area (Å²) in [6, 6.07) is 8.14. The Labute approximate surface area is 158 Å². The molecule has 1 heterocycles. The average Bonchev–Trinajstić information content (AvgIpc) is 3.36. The molecule has 0 radical (unpaired) electrons. The van der Waals surface area contributed by atoms with Gasteiger partial charge in [0.05, 0.1) is 13.2 Å². The van der Waals surface area contributed by atoms with E-state index in [4.69, 9.17) is 4.74 Å². The minimum Gasteiger partial charge on any atom is -0.494 e. The van der Waals surface area contributed by atoms with Crippen LogP contribution in [0.5, 0.6) is 5.75 Å². The Bertz CT molecular complexity index is 714. The zero-order valence-electron chi connectivity index (χ0n) is 15.1. The van der Waals surface area contributed by atoms with Crippen LogP contribution in [0.1, 0.15) is 37.3 Å². The number of carbonyl (C=O) groups is 1. The number of aliphatic hydroxyl groups is 1. The predicted molar refractivity (Wildman–Crippen MR) is 105 cm³/mol. The maximum Gasteiger partial charge on any atom is 0.225 e. The van der Waals surface area contributed by atoms with Crippen molar-refractivity contribution in [3.8, 4) is 5.75 Å². The molecule has 2 N–H and O–H groups in total. The summed E-state index contributed by atoms with van der Waals surface area (Å²) in [6.45, 7) is 4.00. The molecule has 1 saturated carbocycles. The van der Waals surface area contributed by atoms with Crippen molar-refractivity contribution in [2.45, 2.75) is 45.4 Å². The third kappa shape index (κ3) is 5.30. The van der Waals surface area contributed by atoms with Gasteiger partial charge in [0.25, 0.3) is 0 Å². The van der Waals surface area contributed by atoms with Gasteiger partial charge >= 0.3 is 0 Å². The van der Waals surface area contributed by atoms with Crippen molar-refractivity contribution in [1.82, 2.24) is 4.90 Å². The third-order valence-electron chi connectivity index (χ3n) is 4.47. The van der Waals surface area contributed by atoms with Gasteiger partial charge in [-0.2, -0.15) is 11.3 Å². The molecule has 0 saturated heterocycles. The first-order valence-corrected chi connectivity index (χ1v) is 10.1. The van der Waals surface area contributed by atoms with Crippen molar-refractivity contribution in [3.63, 3.8) is 0 Å². The number of aliphatic hydroxyl groups excluding tert-OH is 1. The van der Waals surface area contributed by atoms with E-state index in [1.54, 1.807) is 23.5 Å². The normalized spacial score (nSPS) is 13.8. The van der Waals surface area contributed by atoms with Crippen molar-refractivity contribution in [3.05, 3.63) is 46.2 Å². The number of thiophene rings is 1. The van der Waals surface area contributed by atoms with Gasteiger partial charge in [-0.05, 0) is 60.4 Å². The highest BCUT2D eigenvalue weighted by Crippen LogP contribution is 2.29. The summed E-state index contributed by atoms with van der Waals surface area (Å²) >= 11 is 1.71. The van der Waals surface area contributed by atoms with Crippen LogP contribution >= 0.6 is 11.3 Å². The Morgan fingerprint density at radius 2 is 2.23 bits per heavy atom. The summed E-state index contributed by atoms with van der Waals surface area (Å²) in [7, 11) is 0. The molecular weight excluding hydrogens is 348 g/mol. The number of nitrogens with one attached hydrogen (secondary N) is 1. The lowest BCUT2D eigenvalue weighted by atomic mass is 10.2. The number of ether oxygens (including phenoxy) is 1. The molecule has 3 rings (SSSR count). The first-order chi connectivity index (χ1) is 12.7. The number of hydrogen-bond donors (Lipinski definition) is 2. The van der Waals surface area contributed by atoms with Crippen LogP contribution in [0.15, 0.2) is 35.0 Å². The fraction of sp³-hybridized carbons (Fsp3) is 0.450. The molecule has 0 unspecified atom stereocenters. The first kappa shape index (κ1) is 18.9. The minimum atomic E-state index is -0.116. The van der Waals surface area contributed by atoms with Gasteiger partial charge in [0.15, 0.2) is 0 Å². The SMILES string of the molecule is CCOc1ccc(NC(=O)CCN(Cc2ccsc2)C2CC2)cc1CO. The molecule has 1 aromatic heterocycles. The largest absolute Gasteiger partial charge is 0.494 e. The average molecular weight is 375 g/mol. The summed E-state index contributed by atoms with van der Waals surface area (Å²) in [4.78, 5) is 14.7. The van der Waals surface area contributed by atoms with E-state index >= 15 is 0 Å². The van der Waals surface area contributed by atoms with Gasteiger partial charge in [-0.3, -0.25) is 9.69 Å². The Hall–Kier alpha value is -1.89. The Balaban J connectivity index is 1.53. The molecule has 2 aromatic rings. The van der Waals surface area contributed by atoms with E-state index in [9.17, 15) is 9.90 Å². The van der Waals surface area contributed by atoms with E-state index < -0.39 is 0 Å². The van der Waals surface area contributed by atoms with Gasteiger partial charge in [0.2, 0.25) is 5.91 Å².